The van der Waals surface area contributed by atoms with E-state index in [1.165, 1.54) is 11.3 Å². The zero-order chi connectivity index (χ0) is 19.6. The summed E-state index contributed by atoms with van der Waals surface area (Å²) in [5.74, 6) is 0.343. The van der Waals surface area contributed by atoms with Gasteiger partial charge in [-0.2, -0.15) is 0 Å². The third-order valence-corrected chi connectivity index (χ3v) is 4.91. The Balaban J connectivity index is 1.84. The van der Waals surface area contributed by atoms with Crippen molar-refractivity contribution in [2.24, 2.45) is 0 Å². The van der Waals surface area contributed by atoms with Gasteiger partial charge < -0.3 is 10.1 Å². The summed E-state index contributed by atoms with van der Waals surface area (Å²) in [5, 5.41) is 14.6. The van der Waals surface area contributed by atoms with Crippen molar-refractivity contribution in [2.45, 2.75) is 52.0 Å². The van der Waals surface area contributed by atoms with Crippen LogP contribution in [0.15, 0.2) is 24.3 Å². The number of amides is 2. The highest BCUT2D eigenvalue weighted by molar-refractivity contribution is 7.18. The lowest BCUT2D eigenvalue weighted by Crippen LogP contribution is -2.41. The van der Waals surface area contributed by atoms with E-state index >= 15 is 0 Å². The summed E-state index contributed by atoms with van der Waals surface area (Å²) < 4.78 is 5.13. The van der Waals surface area contributed by atoms with Crippen molar-refractivity contribution >= 4 is 28.3 Å². The fraction of sp³-hybridized carbons (Fsp3) is 0.474. The fourth-order valence-electron chi connectivity index (χ4n) is 2.43. The van der Waals surface area contributed by atoms with Crippen molar-refractivity contribution < 1.29 is 14.3 Å². The molecule has 2 rings (SSSR count). The second-order valence-electron chi connectivity index (χ2n) is 6.23. The molecule has 27 heavy (non-hydrogen) atoms. The maximum Gasteiger partial charge on any atom is 0.248 e. The Morgan fingerprint density at radius 1 is 1.15 bits per heavy atom. The van der Waals surface area contributed by atoms with Crippen molar-refractivity contribution in [3.8, 4) is 16.3 Å². The number of carbonyl (C=O) groups excluding carboxylic acids is 2. The number of hydrogen-bond acceptors (Lipinski definition) is 6. The molecule has 0 unspecified atom stereocenters. The van der Waals surface area contributed by atoms with Crippen LogP contribution >= 0.6 is 11.3 Å². The van der Waals surface area contributed by atoms with Crippen molar-refractivity contribution in [3.63, 3.8) is 0 Å². The Bertz CT molecular complexity index is 746. The molecule has 0 saturated carbocycles. The maximum absolute atomic E-state index is 12.3. The predicted octanol–water partition coefficient (Wildman–Crippen LogP) is 3.63. The van der Waals surface area contributed by atoms with Crippen molar-refractivity contribution in [2.75, 3.05) is 12.4 Å². The highest BCUT2D eigenvalue weighted by Crippen LogP contribution is 2.27. The summed E-state index contributed by atoms with van der Waals surface area (Å²) >= 11 is 1.28. The largest absolute Gasteiger partial charge is 0.497 e. The average molecular weight is 391 g/mol. The van der Waals surface area contributed by atoms with Gasteiger partial charge in [0, 0.05) is 12.0 Å². The monoisotopic (exact) mass is 390 g/mol. The van der Waals surface area contributed by atoms with Gasteiger partial charge in [-0.3, -0.25) is 14.9 Å². The van der Waals surface area contributed by atoms with Crippen LogP contribution in [0.25, 0.3) is 10.6 Å². The molecule has 1 aromatic carbocycles. The van der Waals surface area contributed by atoms with E-state index in [-0.39, 0.29) is 11.8 Å². The summed E-state index contributed by atoms with van der Waals surface area (Å²) in [5.41, 5.74) is 0.891. The molecule has 0 saturated heterocycles. The van der Waals surface area contributed by atoms with E-state index in [1.807, 2.05) is 24.3 Å². The number of methoxy groups -OCH3 is 1. The van der Waals surface area contributed by atoms with E-state index in [2.05, 4.69) is 27.8 Å². The van der Waals surface area contributed by atoms with Crippen LogP contribution in [-0.4, -0.2) is 35.2 Å². The standard InChI is InChI=1S/C19H26N4O3S/c1-4-5-6-7-8-16(24)20-13(2)17(25)21-19-23-22-18(27-19)14-9-11-15(26-3)12-10-14/h9-13H,4-8H2,1-3H3,(H,20,24)(H,21,23,25)/t13-/m0/s1. The Morgan fingerprint density at radius 3 is 2.56 bits per heavy atom. The van der Waals surface area contributed by atoms with E-state index in [4.69, 9.17) is 4.74 Å². The number of hydrogen-bond donors (Lipinski definition) is 2. The van der Waals surface area contributed by atoms with Gasteiger partial charge in [0.15, 0.2) is 0 Å². The Labute approximate surface area is 163 Å². The van der Waals surface area contributed by atoms with Crippen LogP contribution in [0.3, 0.4) is 0 Å². The Kier molecular flexibility index (Phi) is 8.19. The van der Waals surface area contributed by atoms with E-state index < -0.39 is 6.04 Å². The highest BCUT2D eigenvalue weighted by Gasteiger charge is 2.17. The summed E-state index contributed by atoms with van der Waals surface area (Å²) in [6.45, 7) is 3.78. The van der Waals surface area contributed by atoms with Crippen LogP contribution in [-0.2, 0) is 9.59 Å². The van der Waals surface area contributed by atoms with Crippen LogP contribution in [0.5, 0.6) is 5.75 Å². The van der Waals surface area contributed by atoms with Crippen molar-refractivity contribution in [3.05, 3.63) is 24.3 Å². The van der Waals surface area contributed by atoms with E-state index in [9.17, 15) is 9.59 Å². The number of nitrogens with zero attached hydrogens (tertiary/aromatic N) is 2. The molecule has 0 aliphatic carbocycles. The summed E-state index contributed by atoms with van der Waals surface area (Å²) in [7, 11) is 1.61. The lowest BCUT2D eigenvalue weighted by atomic mass is 10.1. The van der Waals surface area contributed by atoms with Gasteiger partial charge >= 0.3 is 0 Å². The molecule has 0 radical (unpaired) electrons. The Morgan fingerprint density at radius 2 is 1.89 bits per heavy atom. The molecule has 7 nitrogen and oxygen atoms in total. The minimum absolute atomic E-state index is 0.107. The number of ether oxygens (including phenoxy) is 1. The molecule has 0 fully saturated rings. The van der Waals surface area contributed by atoms with Crippen LogP contribution in [0.1, 0.15) is 46.0 Å². The smallest absolute Gasteiger partial charge is 0.248 e. The molecule has 0 aliphatic rings. The van der Waals surface area contributed by atoms with Gasteiger partial charge in [0.05, 0.1) is 7.11 Å². The zero-order valence-electron chi connectivity index (χ0n) is 15.9. The highest BCUT2D eigenvalue weighted by atomic mass is 32.1. The maximum atomic E-state index is 12.3. The van der Waals surface area contributed by atoms with Crippen molar-refractivity contribution in [1.82, 2.24) is 15.5 Å². The fourth-order valence-corrected chi connectivity index (χ4v) is 3.18. The summed E-state index contributed by atoms with van der Waals surface area (Å²) in [6, 6.07) is 6.82. The number of aromatic nitrogens is 2. The molecule has 1 aromatic heterocycles. The topological polar surface area (TPSA) is 93.2 Å². The first kappa shape index (κ1) is 20.8. The predicted molar refractivity (Wildman–Crippen MR) is 107 cm³/mol. The number of unbranched alkanes of at least 4 members (excludes halogenated alkanes) is 3. The minimum atomic E-state index is -0.628. The van der Waals surface area contributed by atoms with Crippen LogP contribution in [0.2, 0.25) is 0 Å². The summed E-state index contributed by atoms with van der Waals surface area (Å²) in [4.78, 5) is 24.1. The van der Waals surface area contributed by atoms with E-state index in [1.54, 1.807) is 14.0 Å². The van der Waals surface area contributed by atoms with Gasteiger partial charge in [-0.1, -0.05) is 37.5 Å². The van der Waals surface area contributed by atoms with Gasteiger partial charge in [0.2, 0.25) is 16.9 Å². The number of rotatable bonds is 10. The van der Waals surface area contributed by atoms with E-state index in [0.29, 0.717) is 16.6 Å². The van der Waals surface area contributed by atoms with Crippen LogP contribution < -0.4 is 15.4 Å². The lowest BCUT2D eigenvalue weighted by molar-refractivity contribution is -0.126. The minimum Gasteiger partial charge on any atom is -0.497 e. The van der Waals surface area contributed by atoms with Gasteiger partial charge in [0.1, 0.15) is 16.8 Å². The van der Waals surface area contributed by atoms with Crippen LogP contribution in [0.4, 0.5) is 5.13 Å². The van der Waals surface area contributed by atoms with Gasteiger partial charge in [-0.05, 0) is 37.6 Å². The van der Waals surface area contributed by atoms with Gasteiger partial charge in [-0.15, -0.1) is 10.2 Å². The first-order valence-electron chi connectivity index (χ1n) is 9.11. The first-order chi connectivity index (χ1) is 13.0. The quantitative estimate of drug-likeness (QED) is 0.604. The van der Waals surface area contributed by atoms with Crippen LogP contribution in [0, 0.1) is 0 Å². The average Bonchev–Trinajstić information content (AvgIpc) is 3.13. The molecule has 0 spiro atoms. The zero-order valence-corrected chi connectivity index (χ0v) is 16.8. The number of nitrogens with one attached hydrogen (secondary N) is 2. The molecule has 1 atom stereocenters. The normalized spacial score (nSPS) is 11.7. The third-order valence-electron chi connectivity index (χ3n) is 4.02. The third kappa shape index (κ3) is 6.63. The molecule has 2 amide bonds. The molecule has 146 valence electrons. The molecular formula is C19H26N4O3S. The molecule has 1 heterocycles. The first-order valence-corrected chi connectivity index (χ1v) is 9.93. The molecular weight excluding hydrogens is 364 g/mol. The molecule has 2 N–H and O–H groups in total. The van der Waals surface area contributed by atoms with Gasteiger partial charge in [-0.25, -0.2) is 0 Å². The van der Waals surface area contributed by atoms with E-state index in [0.717, 1.165) is 37.0 Å². The van der Waals surface area contributed by atoms with Gasteiger partial charge in [0.25, 0.3) is 0 Å². The molecule has 2 aromatic rings. The Hall–Kier alpha value is -2.48. The van der Waals surface area contributed by atoms with Crippen molar-refractivity contribution in [1.29, 1.82) is 0 Å². The second kappa shape index (κ2) is 10.6. The number of benzene rings is 1. The summed E-state index contributed by atoms with van der Waals surface area (Å²) in [6.07, 6.45) is 4.56. The number of anilines is 1. The number of carbonyl (C=O) groups is 2. The lowest BCUT2D eigenvalue weighted by Gasteiger charge is -2.12. The second-order valence-corrected chi connectivity index (χ2v) is 7.21. The molecule has 0 aliphatic heterocycles. The SMILES string of the molecule is CCCCCCC(=O)N[C@@H](C)C(=O)Nc1nnc(-c2ccc(OC)cc2)s1. The molecule has 8 heteroatoms. The molecule has 0 bridgehead atoms.